The largest absolute Gasteiger partial charge is 0.316 e. The first-order chi connectivity index (χ1) is 4.27. The first kappa shape index (κ1) is 8.52. The van der Waals surface area contributed by atoms with Crippen molar-refractivity contribution < 1.29 is 0 Å². The highest BCUT2D eigenvalue weighted by atomic mass is 16.3. The summed E-state index contributed by atoms with van der Waals surface area (Å²) in [5.74, 6) is 0. The zero-order valence-corrected chi connectivity index (χ0v) is 5.42. The van der Waals surface area contributed by atoms with E-state index in [-0.39, 0.29) is 6.17 Å². The van der Waals surface area contributed by atoms with E-state index < -0.39 is 0 Å². The molecule has 54 valence electrons. The van der Waals surface area contributed by atoms with Crippen molar-refractivity contribution in [2.45, 2.75) is 25.4 Å². The summed E-state index contributed by atoms with van der Waals surface area (Å²) in [6, 6.07) is 0. The van der Waals surface area contributed by atoms with Gasteiger partial charge in [0.25, 0.3) is 0 Å². The normalized spacial score (nSPS) is 10.1. The minimum Gasteiger partial charge on any atom is -0.316 e. The van der Waals surface area contributed by atoms with E-state index in [9.17, 15) is 4.91 Å². The van der Waals surface area contributed by atoms with Crippen LogP contribution in [0.15, 0.2) is 5.18 Å². The lowest BCUT2D eigenvalue weighted by molar-refractivity contribution is 0.584. The Morgan fingerprint density at radius 1 is 1.33 bits per heavy atom. The second-order valence-corrected chi connectivity index (χ2v) is 2.01. The van der Waals surface area contributed by atoms with Crippen LogP contribution in [0.5, 0.6) is 0 Å². The van der Waals surface area contributed by atoms with Gasteiger partial charge in [-0.1, -0.05) is 5.18 Å². The average molecular weight is 131 g/mol. The van der Waals surface area contributed by atoms with Crippen molar-refractivity contribution in [2.75, 3.05) is 6.54 Å². The van der Waals surface area contributed by atoms with Gasteiger partial charge in [0.15, 0.2) is 0 Å². The van der Waals surface area contributed by atoms with Crippen LogP contribution >= 0.6 is 0 Å². The quantitative estimate of drug-likeness (QED) is 0.317. The fraction of sp³-hybridized carbons (Fsp3) is 1.00. The maximum Gasteiger partial charge on any atom is 0.0811 e. The maximum absolute atomic E-state index is 9.54. The molecule has 9 heavy (non-hydrogen) atoms. The first-order valence-corrected chi connectivity index (χ1v) is 3.07. The minimum atomic E-state index is -0.239. The van der Waals surface area contributed by atoms with Gasteiger partial charge in [0.05, 0.1) is 12.7 Å². The fourth-order valence-electron chi connectivity index (χ4n) is 0.556. The SMILES string of the molecule is NC(N)CCCCN=O. The summed E-state index contributed by atoms with van der Waals surface area (Å²) in [4.78, 5) is 9.54. The number of nitroso groups, excluding NO2 is 1. The second kappa shape index (κ2) is 5.65. The molecule has 0 unspecified atom stereocenters. The summed E-state index contributed by atoms with van der Waals surface area (Å²) < 4.78 is 0. The van der Waals surface area contributed by atoms with Gasteiger partial charge in [-0.25, -0.2) is 0 Å². The summed E-state index contributed by atoms with van der Waals surface area (Å²) in [7, 11) is 0. The Labute approximate surface area is 54.6 Å². The maximum atomic E-state index is 9.54. The molecule has 0 saturated carbocycles. The molecule has 0 aliphatic rings. The Bertz CT molecular complexity index is 74.6. The number of rotatable bonds is 5. The molecule has 0 aromatic rings. The van der Waals surface area contributed by atoms with Crippen LogP contribution in [-0.4, -0.2) is 12.7 Å². The number of nitrogens with two attached hydrogens (primary N) is 2. The van der Waals surface area contributed by atoms with Crippen molar-refractivity contribution in [3.05, 3.63) is 4.91 Å². The van der Waals surface area contributed by atoms with Crippen LogP contribution in [0.1, 0.15) is 19.3 Å². The Morgan fingerprint density at radius 2 is 2.00 bits per heavy atom. The smallest absolute Gasteiger partial charge is 0.0811 e. The summed E-state index contributed by atoms with van der Waals surface area (Å²) in [6.45, 7) is 0.382. The van der Waals surface area contributed by atoms with Gasteiger partial charge < -0.3 is 11.5 Å². The lowest BCUT2D eigenvalue weighted by Crippen LogP contribution is -2.29. The van der Waals surface area contributed by atoms with E-state index in [1.165, 1.54) is 0 Å². The zero-order chi connectivity index (χ0) is 7.11. The standard InChI is InChI=1S/C5H13N3O/c6-5(7)3-1-2-4-8-9/h5H,1-4,6-7H2. The molecule has 0 aromatic carbocycles. The van der Waals surface area contributed by atoms with Crippen molar-refractivity contribution in [1.82, 2.24) is 0 Å². The molecule has 0 heterocycles. The molecule has 0 aliphatic heterocycles. The van der Waals surface area contributed by atoms with Gasteiger partial charge in [0, 0.05) is 0 Å². The van der Waals surface area contributed by atoms with E-state index in [1.807, 2.05) is 0 Å². The van der Waals surface area contributed by atoms with Gasteiger partial charge in [-0.2, -0.15) is 4.91 Å². The molecule has 0 spiro atoms. The predicted octanol–water partition coefficient (Wildman–Crippen LogP) is 0.167. The Morgan fingerprint density at radius 3 is 2.44 bits per heavy atom. The van der Waals surface area contributed by atoms with Crippen LogP contribution in [0.2, 0.25) is 0 Å². The van der Waals surface area contributed by atoms with Crippen LogP contribution in [0.3, 0.4) is 0 Å². The number of hydrogen-bond acceptors (Lipinski definition) is 4. The number of hydrogen-bond donors (Lipinski definition) is 2. The van der Waals surface area contributed by atoms with Crippen LogP contribution < -0.4 is 11.5 Å². The molecule has 0 radical (unpaired) electrons. The van der Waals surface area contributed by atoms with E-state index in [0.717, 1.165) is 19.3 Å². The van der Waals surface area contributed by atoms with E-state index in [2.05, 4.69) is 5.18 Å². The van der Waals surface area contributed by atoms with Crippen molar-refractivity contribution in [2.24, 2.45) is 16.6 Å². The molecule has 4 N–H and O–H groups in total. The van der Waals surface area contributed by atoms with E-state index in [4.69, 9.17) is 11.5 Å². The molecule has 4 nitrogen and oxygen atoms in total. The first-order valence-electron chi connectivity index (χ1n) is 3.07. The van der Waals surface area contributed by atoms with E-state index in [0.29, 0.717) is 6.54 Å². The van der Waals surface area contributed by atoms with Crippen molar-refractivity contribution in [1.29, 1.82) is 0 Å². The molecule has 4 heteroatoms. The van der Waals surface area contributed by atoms with Crippen LogP contribution in [-0.2, 0) is 0 Å². The van der Waals surface area contributed by atoms with E-state index >= 15 is 0 Å². The van der Waals surface area contributed by atoms with Crippen molar-refractivity contribution in [3.8, 4) is 0 Å². The van der Waals surface area contributed by atoms with Gasteiger partial charge >= 0.3 is 0 Å². The van der Waals surface area contributed by atoms with Crippen LogP contribution in [0, 0.1) is 4.91 Å². The molecular formula is C5H13N3O. The third kappa shape index (κ3) is 7.52. The molecule has 0 aliphatic carbocycles. The van der Waals surface area contributed by atoms with E-state index in [1.54, 1.807) is 0 Å². The molecule has 0 amide bonds. The summed E-state index contributed by atoms with van der Waals surface area (Å²) >= 11 is 0. The van der Waals surface area contributed by atoms with Gasteiger partial charge in [-0.05, 0) is 19.3 Å². The highest BCUT2D eigenvalue weighted by molar-refractivity contribution is 4.52. The van der Waals surface area contributed by atoms with Gasteiger partial charge in [0.2, 0.25) is 0 Å². The van der Waals surface area contributed by atoms with Gasteiger partial charge in [-0.15, -0.1) is 0 Å². The third-order valence-corrected chi connectivity index (χ3v) is 1.04. The third-order valence-electron chi connectivity index (χ3n) is 1.04. The molecule has 0 bridgehead atoms. The lowest BCUT2D eigenvalue weighted by Gasteiger charge is -2.01. The predicted molar refractivity (Wildman–Crippen MR) is 36.7 cm³/mol. The molecule has 0 aromatic heterocycles. The lowest BCUT2D eigenvalue weighted by atomic mass is 10.2. The van der Waals surface area contributed by atoms with Crippen molar-refractivity contribution >= 4 is 0 Å². The Balaban J connectivity index is 2.82. The average Bonchev–Trinajstić information content (AvgIpc) is 1.80. The highest BCUT2D eigenvalue weighted by Crippen LogP contribution is 1.94. The number of nitrogens with zero attached hydrogens (tertiary/aromatic N) is 1. The summed E-state index contributed by atoms with van der Waals surface area (Å²) in [6.07, 6.45) is 2.23. The highest BCUT2D eigenvalue weighted by Gasteiger charge is 1.92. The van der Waals surface area contributed by atoms with Crippen LogP contribution in [0.4, 0.5) is 0 Å². The monoisotopic (exact) mass is 131 g/mol. The molecule has 0 fully saturated rings. The van der Waals surface area contributed by atoms with Gasteiger partial charge in [-0.3, -0.25) is 0 Å². The fourth-order valence-corrected chi connectivity index (χ4v) is 0.556. The Hall–Kier alpha value is -0.480. The topological polar surface area (TPSA) is 81.5 Å². The van der Waals surface area contributed by atoms with Crippen molar-refractivity contribution in [3.63, 3.8) is 0 Å². The molecule has 0 atom stereocenters. The molecular weight excluding hydrogens is 118 g/mol. The summed E-state index contributed by atoms with van der Waals surface area (Å²) in [5, 5.41) is 2.70. The minimum absolute atomic E-state index is 0.239. The molecule has 0 rings (SSSR count). The Kier molecular flexibility index (Phi) is 5.35. The zero-order valence-electron chi connectivity index (χ0n) is 5.42. The van der Waals surface area contributed by atoms with Gasteiger partial charge in [0.1, 0.15) is 0 Å². The van der Waals surface area contributed by atoms with Crippen LogP contribution in [0.25, 0.3) is 0 Å². The summed E-state index contributed by atoms with van der Waals surface area (Å²) in [5.41, 5.74) is 10.5. The molecule has 0 saturated heterocycles. The second-order valence-electron chi connectivity index (χ2n) is 2.01. The number of unbranched alkanes of at least 4 members (excludes halogenated alkanes) is 1.